The van der Waals surface area contributed by atoms with E-state index in [1.807, 2.05) is 50.4 Å². The van der Waals surface area contributed by atoms with Crippen molar-refractivity contribution in [3.63, 3.8) is 0 Å². The molecule has 0 atom stereocenters. The first-order valence-corrected chi connectivity index (χ1v) is 11.7. The van der Waals surface area contributed by atoms with Gasteiger partial charge in [0.05, 0.1) is 24.1 Å². The highest BCUT2D eigenvalue weighted by Gasteiger charge is 2.49. The second kappa shape index (κ2) is 7.60. The smallest absolute Gasteiger partial charge is 0.165 e. The van der Waals surface area contributed by atoms with Crippen LogP contribution in [0.2, 0.25) is 0 Å². The molecule has 0 amide bonds. The second-order valence-electron chi connectivity index (χ2n) is 9.92. The number of hydrogen-bond donors (Lipinski definition) is 2. The highest BCUT2D eigenvalue weighted by Crippen LogP contribution is 2.46. The molecule has 0 spiro atoms. The van der Waals surface area contributed by atoms with Crippen LogP contribution in [0.4, 0.5) is 0 Å². The molecule has 0 unspecified atom stereocenters. The summed E-state index contributed by atoms with van der Waals surface area (Å²) < 4.78 is 7.15. The van der Waals surface area contributed by atoms with Crippen LogP contribution in [-0.4, -0.2) is 37.4 Å². The molecule has 35 heavy (non-hydrogen) atoms. The lowest BCUT2D eigenvalue weighted by atomic mass is 9.63. The van der Waals surface area contributed by atoms with Gasteiger partial charge in [-0.15, -0.1) is 0 Å². The zero-order chi connectivity index (χ0) is 24.4. The molecule has 3 N–H and O–H groups in total. The predicted molar refractivity (Wildman–Crippen MR) is 136 cm³/mol. The number of fused-ring (bicyclic) bond motifs is 3. The standard InChI is InChI=1S/C28H27N5O2/c1-17-12-24-30-14-20-13-23(18-6-10-22(35-3)11-7-18)25(31-26(20)33(24)32-17)19-4-8-21(9-5-19)28(29)15-27(2,34)16-28/h4-14,34H,15-16,29H2,1-3H3/t27-,28-. The molecule has 6 rings (SSSR count). The molecule has 176 valence electrons. The van der Waals surface area contributed by atoms with Crippen molar-refractivity contribution in [2.45, 2.75) is 37.8 Å². The molecule has 3 aromatic heterocycles. The monoisotopic (exact) mass is 465 g/mol. The number of nitrogens with two attached hydrogens (primary N) is 1. The Labute approximate surface area is 203 Å². The largest absolute Gasteiger partial charge is 0.497 e. The average molecular weight is 466 g/mol. The molecular formula is C28H27N5O2. The molecule has 7 heteroatoms. The van der Waals surface area contributed by atoms with Crippen molar-refractivity contribution in [1.29, 1.82) is 0 Å². The number of rotatable bonds is 4. The Kier molecular flexibility index (Phi) is 4.71. The maximum absolute atomic E-state index is 10.2. The van der Waals surface area contributed by atoms with Gasteiger partial charge in [0.1, 0.15) is 5.75 Å². The van der Waals surface area contributed by atoms with E-state index in [0.717, 1.165) is 56.1 Å². The summed E-state index contributed by atoms with van der Waals surface area (Å²) >= 11 is 0. The lowest BCUT2D eigenvalue weighted by Gasteiger charge is -2.49. The van der Waals surface area contributed by atoms with Crippen LogP contribution in [0.15, 0.2) is 66.9 Å². The SMILES string of the molecule is COc1ccc(-c2cc3cnc4cc(C)nn4c3nc2-c2ccc([C@]3(N)C[C@](C)(O)C3)cc2)cc1. The molecule has 1 aliphatic rings. The molecule has 0 bridgehead atoms. The highest BCUT2D eigenvalue weighted by atomic mass is 16.5. The fourth-order valence-corrected chi connectivity index (χ4v) is 5.34. The van der Waals surface area contributed by atoms with E-state index in [-0.39, 0.29) is 0 Å². The zero-order valence-corrected chi connectivity index (χ0v) is 20.0. The number of aromatic nitrogens is 4. The summed E-state index contributed by atoms with van der Waals surface area (Å²) in [6.07, 6.45) is 2.95. The third kappa shape index (κ3) is 3.64. The zero-order valence-electron chi connectivity index (χ0n) is 20.0. The van der Waals surface area contributed by atoms with Crippen LogP contribution in [0.25, 0.3) is 39.1 Å². The van der Waals surface area contributed by atoms with Gasteiger partial charge in [-0.25, -0.2) is 9.97 Å². The minimum absolute atomic E-state index is 0.498. The third-order valence-electron chi connectivity index (χ3n) is 6.91. The summed E-state index contributed by atoms with van der Waals surface area (Å²) in [5.41, 5.74) is 12.7. The average Bonchev–Trinajstić information content (AvgIpc) is 3.23. The van der Waals surface area contributed by atoms with Gasteiger partial charge in [-0.1, -0.05) is 36.4 Å². The number of aliphatic hydroxyl groups is 1. The Balaban J connectivity index is 1.52. The van der Waals surface area contributed by atoms with Crippen LogP contribution >= 0.6 is 0 Å². The van der Waals surface area contributed by atoms with Crippen LogP contribution < -0.4 is 10.5 Å². The quantitative estimate of drug-likeness (QED) is 0.402. The van der Waals surface area contributed by atoms with E-state index in [9.17, 15) is 5.11 Å². The molecular weight excluding hydrogens is 438 g/mol. The van der Waals surface area contributed by atoms with E-state index in [0.29, 0.717) is 12.8 Å². The van der Waals surface area contributed by atoms with E-state index in [1.54, 1.807) is 11.6 Å². The third-order valence-corrected chi connectivity index (χ3v) is 6.91. The molecule has 0 radical (unpaired) electrons. The maximum Gasteiger partial charge on any atom is 0.165 e. The van der Waals surface area contributed by atoms with Crippen LogP contribution in [0.5, 0.6) is 5.75 Å². The summed E-state index contributed by atoms with van der Waals surface area (Å²) in [5, 5.41) is 15.7. The van der Waals surface area contributed by atoms with Gasteiger partial charge in [-0.05, 0) is 56.0 Å². The van der Waals surface area contributed by atoms with E-state index in [1.165, 1.54) is 0 Å². The van der Waals surface area contributed by atoms with Crippen LogP contribution in [0.3, 0.4) is 0 Å². The maximum atomic E-state index is 10.2. The lowest BCUT2D eigenvalue weighted by molar-refractivity contribution is -0.0738. The summed E-state index contributed by atoms with van der Waals surface area (Å²) in [6, 6.07) is 20.3. The van der Waals surface area contributed by atoms with Crippen molar-refractivity contribution in [2.24, 2.45) is 5.73 Å². The minimum atomic E-state index is -0.698. The van der Waals surface area contributed by atoms with Crippen molar-refractivity contribution in [1.82, 2.24) is 19.6 Å². The molecule has 0 aliphatic heterocycles. The van der Waals surface area contributed by atoms with Gasteiger partial charge in [0.25, 0.3) is 0 Å². The number of methoxy groups -OCH3 is 1. The van der Waals surface area contributed by atoms with Gasteiger partial charge >= 0.3 is 0 Å². The van der Waals surface area contributed by atoms with Crippen molar-refractivity contribution < 1.29 is 9.84 Å². The topological polar surface area (TPSA) is 98.6 Å². The number of pyridine rings is 1. The predicted octanol–water partition coefficient (Wildman–Crippen LogP) is 4.63. The normalized spacial score (nSPS) is 21.9. The number of benzene rings is 2. The highest BCUT2D eigenvalue weighted by molar-refractivity contribution is 5.90. The Morgan fingerprint density at radius 2 is 1.69 bits per heavy atom. The van der Waals surface area contributed by atoms with E-state index < -0.39 is 11.1 Å². The van der Waals surface area contributed by atoms with E-state index in [4.69, 9.17) is 15.5 Å². The first-order chi connectivity index (χ1) is 16.7. The summed E-state index contributed by atoms with van der Waals surface area (Å²) in [5.74, 6) is 0.799. The fourth-order valence-electron chi connectivity index (χ4n) is 5.34. The fraction of sp³-hybridized carbons (Fsp3) is 0.250. The minimum Gasteiger partial charge on any atom is -0.497 e. The van der Waals surface area contributed by atoms with Gasteiger partial charge in [0.15, 0.2) is 11.3 Å². The molecule has 1 fully saturated rings. The van der Waals surface area contributed by atoms with E-state index in [2.05, 4.69) is 40.4 Å². The molecule has 5 aromatic rings. The summed E-state index contributed by atoms with van der Waals surface area (Å²) in [4.78, 5) is 9.68. The van der Waals surface area contributed by atoms with Gasteiger partial charge < -0.3 is 15.6 Å². The number of nitrogens with zero attached hydrogens (tertiary/aromatic N) is 4. The molecule has 7 nitrogen and oxygen atoms in total. The Hall–Kier alpha value is -3.81. The first-order valence-electron chi connectivity index (χ1n) is 11.7. The number of aryl methyl sites for hydroxylation is 1. The van der Waals surface area contributed by atoms with Crippen LogP contribution in [0, 0.1) is 6.92 Å². The van der Waals surface area contributed by atoms with Crippen molar-refractivity contribution in [3.8, 4) is 28.1 Å². The first kappa shape index (κ1) is 21.7. The van der Waals surface area contributed by atoms with Crippen LogP contribution in [0.1, 0.15) is 31.0 Å². The Morgan fingerprint density at radius 1 is 1.00 bits per heavy atom. The van der Waals surface area contributed by atoms with Gasteiger partial charge in [0, 0.05) is 34.3 Å². The summed E-state index contributed by atoms with van der Waals surface area (Å²) in [6.45, 7) is 3.78. The molecule has 3 heterocycles. The molecule has 2 aromatic carbocycles. The van der Waals surface area contributed by atoms with Crippen molar-refractivity contribution in [3.05, 3.63) is 78.1 Å². The molecule has 1 saturated carbocycles. The van der Waals surface area contributed by atoms with Crippen molar-refractivity contribution >= 4 is 16.7 Å². The van der Waals surface area contributed by atoms with Crippen molar-refractivity contribution in [2.75, 3.05) is 7.11 Å². The number of ether oxygens (including phenoxy) is 1. The lowest BCUT2D eigenvalue weighted by Crippen LogP contribution is -2.58. The summed E-state index contributed by atoms with van der Waals surface area (Å²) in [7, 11) is 1.66. The Morgan fingerprint density at radius 3 is 2.34 bits per heavy atom. The molecule has 1 aliphatic carbocycles. The number of hydrogen-bond acceptors (Lipinski definition) is 6. The second-order valence-corrected chi connectivity index (χ2v) is 9.92. The van der Waals surface area contributed by atoms with Gasteiger partial charge in [0.2, 0.25) is 0 Å². The van der Waals surface area contributed by atoms with Gasteiger partial charge in [-0.2, -0.15) is 9.61 Å². The van der Waals surface area contributed by atoms with Gasteiger partial charge in [-0.3, -0.25) is 0 Å². The Bertz CT molecular complexity index is 1560. The molecule has 0 saturated heterocycles. The van der Waals surface area contributed by atoms with Crippen LogP contribution in [-0.2, 0) is 5.54 Å². The van der Waals surface area contributed by atoms with E-state index >= 15 is 0 Å².